The van der Waals surface area contributed by atoms with Crippen LogP contribution in [0.15, 0.2) is 48.8 Å². The van der Waals surface area contributed by atoms with E-state index in [2.05, 4.69) is 134 Å². The maximum atomic E-state index is 4.83. The number of rotatable bonds is 31. The third-order valence-corrected chi connectivity index (χ3v) is 12.6. The van der Waals surface area contributed by atoms with E-state index < -0.39 is 0 Å². The van der Waals surface area contributed by atoms with Gasteiger partial charge < -0.3 is 29.4 Å². The first-order chi connectivity index (χ1) is 28.4. The molecule has 0 saturated heterocycles. The van der Waals surface area contributed by atoms with Crippen LogP contribution in [0.4, 0.5) is 0 Å². The number of fused-ring (bicyclic) bond motifs is 3. The number of hydrogen-bond donors (Lipinski definition) is 0. The highest BCUT2D eigenvalue weighted by molar-refractivity contribution is 5.83. The maximum absolute atomic E-state index is 4.83. The van der Waals surface area contributed by atoms with Gasteiger partial charge in [0.15, 0.2) is 0 Å². The molecular weight excluding hydrogens is 725 g/mol. The molecule has 1 aliphatic rings. The molecule has 8 nitrogen and oxygen atoms in total. The second-order valence-electron chi connectivity index (χ2n) is 19.1. The Bertz CT molecular complexity index is 1530. The highest BCUT2D eigenvalue weighted by atomic mass is 15.1. The Hall–Kier alpha value is -2.72. The Labute approximate surface area is 362 Å². The van der Waals surface area contributed by atoms with Crippen molar-refractivity contribution in [1.82, 2.24) is 39.4 Å². The van der Waals surface area contributed by atoms with Crippen LogP contribution in [-0.4, -0.2) is 161 Å². The van der Waals surface area contributed by atoms with Gasteiger partial charge in [-0.15, -0.1) is 0 Å². The molecule has 0 spiro atoms. The van der Waals surface area contributed by atoms with Crippen molar-refractivity contribution in [3.05, 3.63) is 71.2 Å². The van der Waals surface area contributed by atoms with Crippen molar-refractivity contribution in [2.75, 3.05) is 122 Å². The third-order valence-electron chi connectivity index (χ3n) is 12.6. The first-order valence-electron chi connectivity index (χ1n) is 23.5. The summed E-state index contributed by atoms with van der Waals surface area (Å²) < 4.78 is 0. The van der Waals surface area contributed by atoms with Crippen LogP contribution in [0.5, 0.6) is 0 Å². The maximum Gasteiger partial charge on any atom is 0.0885 e. The fraction of sp³-hybridized carbons (Fsp3) is 0.686. The number of nitrogens with zero attached hydrogens (tertiary/aromatic N) is 8. The summed E-state index contributed by atoms with van der Waals surface area (Å²) >= 11 is 0. The highest BCUT2D eigenvalue weighted by Crippen LogP contribution is 2.55. The van der Waals surface area contributed by atoms with E-state index in [4.69, 9.17) is 4.98 Å². The second-order valence-corrected chi connectivity index (χ2v) is 19.1. The minimum absolute atomic E-state index is 0.0274. The summed E-state index contributed by atoms with van der Waals surface area (Å²) in [7, 11) is 17.6. The topological polar surface area (TPSA) is 45.2 Å². The van der Waals surface area contributed by atoms with Gasteiger partial charge in [-0.1, -0.05) is 74.4 Å². The Morgan fingerprint density at radius 1 is 0.424 bits per heavy atom. The van der Waals surface area contributed by atoms with Crippen LogP contribution in [0, 0.1) is 13.8 Å². The van der Waals surface area contributed by atoms with E-state index in [0.29, 0.717) is 0 Å². The van der Waals surface area contributed by atoms with Gasteiger partial charge in [-0.25, -0.2) is 0 Å². The largest absolute Gasteiger partial charge is 0.309 e. The smallest absolute Gasteiger partial charge is 0.0885 e. The van der Waals surface area contributed by atoms with Crippen molar-refractivity contribution in [3.63, 3.8) is 0 Å². The predicted molar refractivity (Wildman–Crippen MR) is 255 cm³/mol. The van der Waals surface area contributed by atoms with Gasteiger partial charge in [0.25, 0.3) is 0 Å². The van der Waals surface area contributed by atoms with Crippen LogP contribution in [0.3, 0.4) is 0 Å². The lowest BCUT2D eigenvalue weighted by atomic mass is 9.70. The van der Waals surface area contributed by atoms with Crippen LogP contribution >= 0.6 is 0 Å². The van der Waals surface area contributed by atoms with E-state index in [9.17, 15) is 0 Å². The Kier molecular flexibility index (Phi) is 21.5. The van der Waals surface area contributed by atoms with E-state index >= 15 is 0 Å². The molecule has 8 heteroatoms. The summed E-state index contributed by atoms with van der Waals surface area (Å²) in [6.07, 6.45) is 21.6. The summed E-state index contributed by atoms with van der Waals surface area (Å²) in [5.41, 5.74) is 10.5. The molecule has 0 amide bonds. The molecule has 0 saturated carbocycles. The molecule has 0 radical (unpaired) electrons. The second kappa shape index (κ2) is 25.9. The average molecular weight is 811 g/mol. The lowest BCUT2D eigenvalue weighted by Crippen LogP contribution is -2.31. The Morgan fingerprint density at radius 2 is 0.847 bits per heavy atom. The molecular formula is C51H86N8. The van der Waals surface area contributed by atoms with E-state index in [0.717, 1.165) is 11.4 Å². The molecule has 0 atom stereocenters. The molecule has 0 bridgehead atoms. The normalized spacial score (nSPS) is 13.6. The lowest BCUT2D eigenvalue weighted by molar-refractivity contribution is 0.235. The van der Waals surface area contributed by atoms with Crippen molar-refractivity contribution in [2.45, 2.75) is 109 Å². The monoisotopic (exact) mass is 811 g/mol. The number of unbranched alkanes of at least 4 members (excludes halogenated alkanes) is 6. The van der Waals surface area contributed by atoms with Gasteiger partial charge in [0.05, 0.1) is 17.6 Å². The third kappa shape index (κ3) is 16.6. The quantitative estimate of drug-likeness (QED) is 0.0597. The zero-order chi connectivity index (χ0) is 42.6. The Morgan fingerprint density at radius 3 is 1.29 bits per heavy atom. The van der Waals surface area contributed by atoms with Gasteiger partial charge >= 0.3 is 0 Å². The fourth-order valence-electron chi connectivity index (χ4n) is 9.32. The minimum Gasteiger partial charge on any atom is -0.309 e. The first kappa shape index (κ1) is 48.9. The van der Waals surface area contributed by atoms with Gasteiger partial charge in [-0.2, -0.15) is 0 Å². The fourth-order valence-corrected chi connectivity index (χ4v) is 9.32. The van der Waals surface area contributed by atoms with E-state index in [1.54, 1.807) is 5.56 Å². The van der Waals surface area contributed by atoms with E-state index in [1.165, 1.54) is 183 Å². The summed E-state index contributed by atoms with van der Waals surface area (Å²) in [5, 5.41) is 0. The summed E-state index contributed by atoms with van der Waals surface area (Å²) in [5.74, 6) is 0. The molecule has 2 aromatic carbocycles. The van der Waals surface area contributed by atoms with Crippen LogP contribution < -0.4 is 0 Å². The molecule has 1 aliphatic carbocycles. The van der Waals surface area contributed by atoms with E-state index in [-0.39, 0.29) is 5.41 Å². The number of aryl methyl sites for hydroxylation is 2. The molecule has 0 aliphatic heterocycles. The standard InChI is InChI=1S/C51H86N8/c1-43-23-25-46-47-26-24-45(50-42-52-44(2)41-53-50)40-49(47)51(48(46)39-43,27-15-11-13-17-33-58(35-19-29-54(3)4)36-20-30-55(5)6)28-16-12-14-18-34-59(37-21-31-56(7)8)38-22-32-57(9)10/h23-26,39-42H,11-22,27-38H2,1-10H3. The summed E-state index contributed by atoms with van der Waals surface area (Å²) in [6.45, 7) is 16.2. The predicted octanol–water partition coefficient (Wildman–Crippen LogP) is 9.34. The summed E-state index contributed by atoms with van der Waals surface area (Å²) in [6, 6.07) is 14.5. The van der Waals surface area contributed by atoms with Crippen LogP contribution in [-0.2, 0) is 5.41 Å². The minimum atomic E-state index is 0.0274. The molecule has 0 N–H and O–H groups in total. The zero-order valence-electron chi connectivity index (χ0n) is 39.7. The van der Waals surface area contributed by atoms with Gasteiger partial charge in [-0.3, -0.25) is 9.97 Å². The summed E-state index contributed by atoms with van der Waals surface area (Å²) in [4.78, 5) is 24.2. The SMILES string of the molecule is Cc1ccc2c(c1)C(CCCCCCN(CCCN(C)C)CCCN(C)C)(CCCCCCN(CCCN(C)C)CCCN(C)C)c1cc(-c3cnc(C)cn3)ccc1-2. The van der Waals surface area contributed by atoms with Crippen LogP contribution in [0.2, 0.25) is 0 Å². The molecule has 59 heavy (non-hydrogen) atoms. The van der Waals surface area contributed by atoms with Gasteiger partial charge in [0.2, 0.25) is 0 Å². The van der Waals surface area contributed by atoms with Gasteiger partial charge in [-0.05, 0) is 215 Å². The van der Waals surface area contributed by atoms with Crippen molar-refractivity contribution >= 4 is 0 Å². The van der Waals surface area contributed by atoms with E-state index in [1.807, 2.05) is 19.3 Å². The molecule has 330 valence electrons. The van der Waals surface area contributed by atoms with Crippen molar-refractivity contribution in [3.8, 4) is 22.4 Å². The molecule has 0 unspecified atom stereocenters. The van der Waals surface area contributed by atoms with Gasteiger partial charge in [0.1, 0.15) is 0 Å². The Balaban J connectivity index is 1.47. The van der Waals surface area contributed by atoms with Crippen molar-refractivity contribution in [1.29, 1.82) is 0 Å². The molecule has 4 rings (SSSR count). The van der Waals surface area contributed by atoms with Crippen molar-refractivity contribution < 1.29 is 0 Å². The van der Waals surface area contributed by atoms with Crippen molar-refractivity contribution in [2.24, 2.45) is 0 Å². The molecule has 0 fully saturated rings. The average Bonchev–Trinajstić information content (AvgIpc) is 3.44. The van der Waals surface area contributed by atoms with Gasteiger partial charge in [0, 0.05) is 17.2 Å². The number of benzene rings is 2. The van der Waals surface area contributed by atoms with Crippen LogP contribution in [0.25, 0.3) is 22.4 Å². The number of aromatic nitrogens is 2. The number of hydrogen-bond acceptors (Lipinski definition) is 8. The zero-order valence-corrected chi connectivity index (χ0v) is 39.7. The molecule has 1 heterocycles. The molecule has 1 aromatic heterocycles. The highest BCUT2D eigenvalue weighted by Gasteiger charge is 2.42. The van der Waals surface area contributed by atoms with Crippen LogP contribution in [0.1, 0.15) is 112 Å². The lowest BCUT2D eigenvalue weighted by Gasteiger charge is -2.33. The first-order valence-corrected chi connectivity index (χ1v) is 23.5. The molecule has 3 aromatic rings.